The van der Waals surface area contributed by atoms with Crippen LogP contribution in [0.3, 0.4) is 0 Å². The van der Waals surface area contributed by atoms with Gasteiger partial charge in [-0.25, -0.2) is 4.39 Å². The zero-order valence-corrected chi connectivity index (χ0v) is 14.1. The SMILES string of the molecule is O=C(c1[nH]ncc1I)N1CCN(Cc2cccc(F)c2)CC1. The van der Waals surface area contributed by atoms with Gasteiger partial charge in [0.15, 0.2) is 0 Å². The van der Waals surface area contributed by atoms with Crippen molar-refractivity contribution < 1.29 is 9.18 Å². The quantitative estimate of drug-likeness (QED) is 0.784. The lowest BCUT2D eigenvalue weighted by atomic mass is 10.2. The van der Waals surface area contributed by atoms with E-state index in [1.165, 1.54) is 6.07 Å². The molecule has 2 heterocycles. The van der Waals surface area contributed by atoms with Gasteiger partial charge in [-0.2, -0.15) is 5.10 Å². The van der Waals surface area contributed by atoms with Crippen molar-refractivity contribution in [3.05, 3.63) is 51.1 Å². The van der Waals surface area contributed by atoms with Crippen molar-refractivity contribution in [1.29, 1.82) is 0 Å². The van der Waals surface area contributed by atoms with E-state index in [1.54, 1.807) is 18.3 Å². The number of halogens is 2. The Morgan fingerprint density at radius 1 is 1.32 bits per heavy atom. The van der Waals surface area contributed by atoms with Crippen LogP contribution >= 0.6 is 22.6 Å². The van der Waals surface area contributed by atoms with E-state index in [0.29, 0.717) is 25.3 Å². The van der Waals surface area contributed by atoms with Gasteiger partial charge in [-0.15, -0.1) is 0 Å². The van der Waals surface area contributed by atoms with Crippen LogP contribution in [-0.4, -0.2) is 52.1 Å². The van der Waals surface area contributed by atoms with Crippen LogP contribution in [0, 0.1) is 9.39 Å². The zero-order valence-electron chi connectivity index (χ0n) is 11.9. The average Bonchev–Trinajstić information content (AvgIpc) is 2.93. The van der Waals surface area contributed by atoms with E-state index in [9.17, 15) is 9.18 Å². The third-order valence-corrected chi connectivity index (χ3v) is 4.58. The summed E-state index contributed by atoms with van der Waals surface area (Å²) >= 11 is 2.10. The minimum atomic E-state index is -0.208. The predicted octanol–water partition coefficient (Wildman–Crippen LogP) is 2.11. The molecule has 0 spiro atoms. The highest BCUT2D eigenvalue weighted by atomic mass is 127. The van der Waals surface area contributed by atoms with E-state index >= 15 is 0 Å². The maximum atomic E-state index is 13.2. The highest BCUT2D eigenvalue weighted by Crippen LogP contribution is 2.14. The lowest BCUT2D eigenvalue weighted by Crippen LogP contribution is -2.48. The summed E-state index contributed by atoms with van der Waals surface area (Å²) in [5.74, 6) is -0.215. The summed E-state index contributed by atoms with van der Waals surface area (Å²) in [6.45, 7) is 3.62. The smallest absolute Gasteiger partial charge is 0.273 e. The van der Waals surface area contributed by atoms with Crippen molar-refractivity contribution >= 4 is 28.5 Å². The Bertz CT molecular complexity index is 667. The number of piperazine rings is 1. The van der Waals surface area contributed by atoms with Crippen LogP contribution in [0.15, 0.2) is 30.5 Å². The zero-order chi connectivity index (χ0) is 15.5. The molecule has 1 N–H and O–H groups in total. The number of aromatic amines is 1. The molecule has 3 rings (SSSR count). The molecule has 116 valence electrons. The molecule has 0 radical (unpaired) electrons. The van der Waals surface area contributed by atoms with Gasteiger partial charge in [0.05, 0.1) is 9.77 Å². The Balaban J connectivity index is 1.56. The minimum absolute atomic E-state index is 0.00712. The molecule has 1 amide bonds. The molecule has 2 aromatic rings. The summed E-state index contributed by atoms with van der Waals surface area (Å²) in [4.78, 5) is 16.4. The first-order valence-electron chi connectivity index (χ1n) is 7.08. The number of hydrogen-bond acceptors (Lipinski definition) is 3. The number of hydrogen-bond donors (Lipinski definition) is 1. The molecule has 1 aliphatic heterocycles. The van der Waals surface area contributed by atoms with Gasteiger partial charge < -0.3 is 4.90 Å². The molecule has 7 heteroatoms. The Morgan fingerprint density at radius 3 is 2.73 bits per heavy atom. The van der Waals surface area contributed by atoms with E-state index < -0.39 is 0 Å². The maximum Gasteiger partial charge on any atom is 0.273 e. The van der Waals surface area contributed by atoms with Crippen LogP contribution in [0.5, 0.6) is 0 Å². The summed E-state index contributed by atoms with van der Waals surface area (Å²) in [6.07, 6.45) is 1.65. The molecule has 1 aliphatic rings. The third-order valence-electron chi connectivity index (χ3n) is 3.76. The molecule has 0 aliphatic carbocycles. The molecular weight excluding hydrogens is 398 g/mol. The Kier molecular flexibility index (Phi) is 4.72. The molecule has 0 bridgehead atoms. The number of amides is 1. The molecule has 22 heavy (non-hydrogen) atoms. The minimum Gasteiger partial charge on any atom is -0.335 e. The fourth-order valence-corrected chi connectivity index (χ4v) is 3.07. The number of nitrogens with one attached hydrogen (secondary N) is 1. The predicted molar refractivity (Wildman–Crippen MR) is 88.9 cm³/mol. The van der Waals surface area contributed by atoms with E-state index in [0.717, 1.165) is 22.2 Å². The maximum absolute atomic E-state index is 13.2. The molecule has 0 atom stereocenters. The molecule has 0 unspecified atom stereocenters. The molecular formula is C15H16FIN4O. The van der Waals surface area contributed by atoms with Crippen LogP contribution in [0.2, 0.25) is 0 Å². The topological polar surface area (TPSA) is 52.2 Å². The summed E-state index contributed by atoms with van der Waals surface area (Å²) < 4.78 is 14.0. The van der Waals surface area contributed by atoms with Gasteiger partial charge in [-0.3, -0.25) is 14.8 Å². The van der Waals surface area contributed by atoms with Crippen molar-refractivity contribution in [2.45, 2.75) is 6.54 Å². The summed E-state index contributed by atoms with van der Waals surface area (Å²) in [5, 5.41) is 6.65. The van der Waals surface area contributed by atoms with Gasteiger partial charge >= 0.3 is 0 Å². The number of aromatic nitrogens is 2. The Hall–Kier alpha value is -1.48. The van der Waals surface area contributed by atoms with E-state index in [4.69, 9.17) is 0 Å². The molecule has 1 aromatic carbocycles. The number of nitrogens with zero attached hydrogens (tertiary/aromatic N) is 3. The summed E-state index contributed by atoms with van der Waals surface area (Å²) in [7, 11) is 0. The second-order valence-corrected chi connectivity index (χ2v) is 6.45. The fraction of sp³-hybridized carbons (Fsp3) is 0.333. The van der Waals surface area contributed by atoms with Crippen molar-refractivity contribution in [2.24, 2.45) is 0 Å². The van der Waals surface area contributed by atoms with Gasteiger partial charge in [-0.05, 0) is 40.3 Å². The molecule has 5 nitrogen and oxygen atoms in total. The monoisotopic (exact) mass is 414 g/mol. The van der Waals surface area contributed by atoms with E-state index in [-0.39, 0.29) is 11.7 Å². The summed E-state index contributed by atoms with van der Waals surface area (Å²) in [6, 6.07) is 6.66. The Morgan fingerprint density at radius 2 is 2.09 bits per heavy atom. The average molecular weight is 414 g/mol. The molecule has 1 fully saturated rings. The van der Waals surface area contributed by atoms with E-state index in [1.807, 2.05) is 11.0 Å². The first kappa shape index (κ1) is 15.4. The van der Waals surface area contributed by atoms with Gasteiger partial charge in [0.25, 0.3) is 5.91 Å². The first-order chi connectivity index (χ1) is 10.6. The normalized spacial score (nSPS) is 16.0. The second kappa shape index (κ2) is 6.74. The number of benzene rings is 1. The van der Waals surface area contributed by atoms with Gasteiger partial charge in [-0.1, -0.05) is 12.1 Å². The van der Waals surface area contributed by atoms with Crippen LogP contribution in [0.1, 0.15) is 16.1 Å². The van der Waals surface area contributed by atoms with Crippen LogP contribution < -0.4 is 0 Å². The van der Waals surface area contributed by atoms with Crippen LogP contribution in [-0.2, 0) is 6.54 Å². The lowest BCUT2D eigenvalue weighted by molar-refractivity contribution is 0.0621. The standard InChI is InChI=1S/C15H16FIN4O/c16-12-3-1-2-11(8-12)10-20-4-6-21(7-5-20)15(22)14-13(17)9-18-19-14/h1-3,8-9H,4-7,10H2,(H,18,19). The van der Waals surface area contributed by atoms with E-state index in [2.05, 4.69) is 37.7 Å². The molecule has 0 saturated carbocycles. The largest absolute Gasteiger partial charge is 0.335 e. The number of H-pyrrole nitrogens is 1. The molecule has 1 saturated heterocycles. The highest BCUT2D eigenvalue weighted by Gasteiger charge is 2.24. The highest BCUT2D eigenvalue weighted by molar-refractivity contribution is 14.1. The number of carbonyl (C=O) groups is 1. The van der Waals surface area contributed by atoms with Crippen molar-refractivity contribution in [3.63, 3.8) is 0 Å². The van der Waals surface area contributed by atoms with Crippen molar-refractivity contribution in [2.75, 3.05) is 26.2 Å². The fourth-order valence-electron chi connectivity index (χ4n) is 2.58. The number of rotatable bonds is 3. The van der Waals surface area contributed by atoms with Crippen molar-refractivity contribution in [1.82, 2.24) is 20.0 Å². The first-order valence-corrected chi connectivity index (χ1v) is 8.16. The van der Waals surface area contributed by atoms with Crippen LogP contribution in [0.25, 0.3) is 0 Å². The second-order valence-electron chi connectivity index (χ2n) is 5.29. The van der Waals surface area contributed by atoms with Gasteiger partial charge in [0.1, 0.15) is 11.5 Å². The third kappa shape index (κ3) is 3.46. The van der Waals surface area contributed by atoms with Gasteiger partial charge in [0, 0.05) is 32.7 Å². The summed E-state index contributed by atoms with van der Waals surface area (Å²) in [5.41, 5.74) is 1.52. The van der Waals surface area contributed by atoms with Gasteiger partial charge in [0.2, 0.25) is 0 Å². The van der Waals surface area contributed by atoms with Crippen molar-refractivity contribution in [3.8, 4) is 0 Å². The molecule has 1 aromatic heterocycles. The van der Waals surface area contributed by atoms with Crippen LogP contribution in [0.4, 0.5) is 4.39 Å². The number of carbonyl (C=O) groups excluding carboxylic acids is 1. The Labute approximate surface area is 141 Å². The lowest BCUT2D eigenvalue weighted by Gasteiger charge is -2.34.